The van der Waals surface area contributed by atoms with Gasteiger partial charge in [-0.25, -0.2) is 0 Å². The van der Waals surface area contributed by atoms with Crippen LogP contribution in [0.4, 0.5) is 5.69 Å². The topological polar surface area (TPSA) is 12.2 Å². The molecule has 1 aromatic rings. The lowest BCUT2D eigenvalue weighted by Gasteiger charge is -2.15. The van der Waals surface area contributed by atoms with E-state index < -0.39 is 0 Å². The molecule has 0 aromatic heterocycles. The fourth-order valence-corrected chi connectivity index (χ4v) is 2.60. The van der Waals surface area contributed by atoms with Gasteiger partial charge in [-0.15, -0.1) is 0 Å². The molecule has 0 spiro atoms. The molecule has 2 nitrogen and oxygen atoms in total. The average molecular weight is 359 g/mol. The number of nitrogens with zero attached hydrogens (tertiary/aromatic N) is 1. The van der Waals surface area contributed by atoms with E-state index in [1.54, 1.807) is 7.11 Å². The van der Waals surface area contributed by atoms with Crippen molar-refractivity contribution in [2.75, 3.05) is 13.7 Å². The van der Waals surface area contributed by atoms with Crippen LogP contribution in [0, 0.1) is 0 Å². The molecule has 0 bridgehead atoms. The molecular weight excluding hydrogens is 337 g/mol. The van der Waals surface area contributed by atoms with Gasteiger partial charge >= 0.3 is 0 Å². The lowest BCUT2D eigenvalue weighted by atomic mass is 9.82. The summed E-state index contributed by atoms with van der Waals surface area (Å²) >= 11 is 0. The maximum absolute atomic E-state index is 5.34. The van der Waals surface area contributed by atoms with Crippen molar-refractivity contribution in [2.24, 2.45) is 0 Å². The van der Waals surface area contributed by atoms with Gasteiger partial charge < -0.3 is 28.7 Å². The summed E-state index contributed by atoms with van der Waals surface area (Å²) in [5, 5.41) is 0. The molecule has 1 aliphatic heterocycles. The number of rotatable bonds is 3. The third-order valence-corrected chi connectivity index (χ3v) is 3.92. The first-order valence-electron chi connectivity index (χ1n) is 6.32. The van der Waals surface area contributed by atoms with Crippen molar-refractivity contribution in [1.29, 1.82) is 0 Å². The minimum absolute atomic E-state index is 0. The highest BCUT2D eigenvalue weighted by molar-refractivity contribution is 5.93. The van der Waals surface area contributed by atoms with Crippen molar-refractivity contribution in [1.82, 2.24) is 0 Å². The monoisotopic (exact) mass is 359 g/mol. The largest absolute Gasteiger partial charge is 1.00 e. The number of hydrogen-bond acceptors (Lipinski definition) is 1. The Bertz CT molecular complexity index is 477. The van der Waals surface area contributed by atoms with Crippen molar-refractivity contribution in [3.05, 3.63) is 23.8 Å². The fraction of sp³-hybridized carbons (Fsp3) is 0.533. The number of ether oxygens (including phenoxy) is 1. The molecule has 1 heterocycles. The van der Waals surface area contributed by atoms with Gasteiger partial charge in [-0.2, -0.15) is 4.58 Å². The summed E-state index contributed by atoms with van der Waals surface area (Å²) in [6, 6.07) is 6.41. The average Bonchev–Trinajstić information content (AvgIpc) is 2.51. The lowest BCUT2D eigenvalue weighted by molar-refractivity contribution is -0.438. The molecule has 0 amide bonds. The molecule has 1 aromatic carbocycles. The summed E-state index contributed by atoms with van der Waals surface area (Å²) in [5.41, 5.74) is 4.26. The van der Waals surface area contributed by atoms with E-state index in [4.69, 9.17) is 4.74 Å². The zero-order valence-electron chi connectivity index (χ0n) is 11.9. The maximum atomic E-state index is 5.34. The van der Waals surface area contributed by atoms with Gasteiger partial charge in [0.05, 0.1) is 12.5 Å². The number of hydrogen-bond donors (Lipinski definition) is 0. The Labute approximate surface area is 127 Å². The normalized spacial score (nSPS) is 16.3. The Morgan fingerprint density at radius 1 is 1.28 bits per heavy atom. The quantitative estimate of drug-likeness (QED) is 0.566. The van der Waals surface area contributed by atoms with Gasteiger partial charge in [0, 0.05) is 25.0 Å². The Balaban J connectivity index is 0.00000162. The molecule has 18 heavy (non-hydrogen) atoms. The SMILES string of the molecule is CCC[N+]1=C(C)C(C)(C)c2cc(OC)ccc21.[I-]. The Hall–Kier alpha value is -0.580. The third kappa shape index (κ3) is 2.29. The summed E-state index contributed by atoms with van der Waals surface area (Å²) < 4.78 is 7.77. The van der Waals surface area contributed by atoms with Crippen LogP contribution in [0.2, 0.25) is 0 Å². The van der Waals surface area contributed by atoms with Crippen LogP contribution in [0.15, 0.2) is 18.2 Å². The van der Waals surface area contributed by atoms with Gasteiger partial charge in [0.25, 0.3) is 0 Å². The highest BCUT2D eigenvalue weighted by Crippen LogP contribution is 2.41. The summed E-state index contributed by atoms with van der Waals surface area (Å²) in [4.78, 5) is 0. The van der Waals surface area contributed by atoms with E-state index in [1.807, 2.05) is 0 Å². The van der Waals surface area contributed by atoms with Crippen LogP contribution in [-0.4, -0.2) is 23.9 Å². The number of fused-ring (bicyclic) bond motifs is 1. The molecule has 0 radical (unpaired) electrons. The maximum Gasteiger partial charge on any atom is 0.209 e. The van der Waals surface area contributed by atoms with Crippen molar-refractivity contribution in [2.45, 2.75) is 39.5 Å². The summed E-state index contributed by atoms with van der Waals surface area (Å²) in [7, 11) is 1.73. The van der Waals surface area contributed by atoms with Gasteiger partial charge in [-0.3, -0.25) is 0 Å². The Morgan fingerprint density at radius 2 is 1.94 bits per heavy atom. The molecular formula is C15H22INO. The summed E-state index contributed by atoms with van der Waals surface area (Å²) in [6.07, 6.45) is 1.17. The van der Waals surface area contributed by atoms with Crippen LogP contribution in [0.25, 0.3) is 0 Å². The van der Waals surface area contributed by atoms with Crippen LogP contribution in [0.1, 0.15) is 39.7 Å². The molecule has 100 valence electrons. The van der Waals surface area contributed by atoms with Crippen molar-refractivity contribution >= 4 is 11.4 Å². The van der Waals surface area contributed by atoms with Gasteiger partial charge in [-0.05, 0) is 26.0 Å². The van der Waals surface area contributed by atoms with E-state index in [2.05, 4.69) is 50.5 Å². The summed E-state index contributed by atoms with van der Waals surface area (Å²) in [5.74, 6) is 0.947. The minimum Gasteiger partial charge on any atom is -1.00 e. The van der Waals surface area contributed by atoms with Crippen molar-refractivity contribution in [3.8, 4) is 5.75 Å². The van der Waals surface area contributed by atoms with E-state index >= 15 is 0 Å². The van der Waals surface area contributed by atoms with E-state index in [0.717, 1.165) is 12.3 Å². The molecule has 0 fully saturated rings. The molecule has 2 rings (SSSR count). The first-order valence-corrected chi connectivity index (χ1v) is 6.32. The van der Waals surface area contributed by atoms with Crippen LogP contribution >= 0.6 is 0 Å². The second-order valence-electron chi connectivity index (χ2n) is 5.25. The van der Waals surface area contributed by atoms with Gasteiger partial charge in [0.1, 0.15) is 12.3 Å². The number of halogens is 1. The van der Waals surface area contributed by atoms with E-state index in [-0.39, 0.29) is 29.4 Å². The van der Waals surface area contributed by atoms with Crippen molar-refractivity contribution in [3.63, 3.8) is 0 Å². The van der Waals surface area contributed by atoms with E-state index in [0.29, 0.717) is 0 Å². The van der Waals surface area contributed by atoms with Crippen LogP contribution in [0.3, 0.4) is 0 Å². The molecule has 0 unspecified atom stereocenters. The predicted molar refractivity (Wildman–Crippen MR) is 71.8 cm³/mol. The minimum atomic E-state index is 0. The molecule has 0 saturated carbocycles. The second kappa shape index (κ2) is 5.59. The lowest BCUT2D eigenvalue weighted by Crippen LogP contribution is -3.00. The third-order valence-electron chi connectivity index (χ3n) is 3.92. The first kappa shape index (κ1) is 15.5. The Kier molecular flexibility index (Phi) is 4.81. The van der Waals surface area contributed by atoms with Crippen LogP contribution in [-0.2, 0) is 5.41 Å². The zero-order chi connectivity index (χ0) is 12.6. The second-order valence-corrected chi connectivity index (χ2v) is 5.25. The molecule has 0 aliphatic carbocycles. The predicted octanol–water partition coefficient (Wildman–Crippen LogP) is 0.505. The van der Waals surface area contributed by atoms with Crippen molar-refractivity contribution < 1.29 is 33.3 Å². The number of benzene rings is 1. The first-order chi connectivity index (χ1) is 8.02. The molecule has 1 aliphatic rings. The highest BCUT2D eigenvalue weighted by Gasteiger charge is 2.42. The Morgan fingerprint density at radius 3 is 2.50 bits per heavy atom. The zero-order valence-corrected chi connectivity index (χ0v) is 14.0. The smallest absolute Gasteiger partial charge is 0.209 e. The van der Waals surface area contributed by atoms with E-state index in [1.165, 1.54) is 23.4 Å². The van der Waals surface area contributed by atoms with E-state index in [9.17, 15) is 0 Å². The van der Waals surface area contributed by atoms with Crippen LogP contribution < -0.4 is 28.7 Å². The molecule has 0 saturated heterocycles. The van der Waals surface area contributed by atoms with Gasteiger partial charge in [-0.1, -0.05) is 6.92 Å². The standard InChI is InChI=1S/C15H22NO.HI/c1-6-9-16-11(2)15(3,4)13-10-12(17-5)7-8-14(13)16;/h7-8,10H,6,9H2,1-5H3;1H/q+1;/p-1. The summed E-state index contributed by atoms with van der Waals surface area (Å²) in [6.45, 7) is 10.1. The molecule has 3 heteroatoms. The fourth-order valence-electron chi connectivity index (χ4n) is 2.60. The highest BCUT2D eigenvalue weighted by atomic mass is 127. The number of methoxy groups -OCH3 is 1. The van der Waals surface area contributed by atoms with Crippen LogP contribution in [0.5, 0.6) is 5.75 Å². The van der Waals surface area contributed by atoms with Gasteiger partial charge in [0.2, 0.25) is 5.69 Å². The molecule has 0 N–H and O–H groups in total. The van der Waals surface area contributed by atoms with Gasteiger partial charge in [0.15, 0.2) is 5.71 Å². The molecule has 0 atom stereocenters.